The molecule has 6 heteroatoms. The van der Waals surface area contributed by atoms with Gasteiger partial charge in [-0.05, 0) is 31.9 Å². The van der Waals surface area contributed by atoms with E-state index in [1.165, 1.54) is 11.8 Å². The normalized spacial score (nSPS) is 12.0. The number of hydrogen-bond acceptors (Lipinski definition) is 4. The Hall–Kier alpha value is -2.60. The zero-order chi connectivity index (χ0) is 20.1. The Kier molecular flexibility index (Phi) is 6.52. The van der Waals surface area contributed by atoms with Crippen molar-refractivity contribution >= 4 is 17.7 Å². The van der Waals surface area contributed by atoms with Crippen molar-refractivity contribution in [2.45, 2.75) is 44.3 Å². The molecular weight excluding hydrogens is 368 g/mol. The zero-order valence-corrected chi connectivity index (χ0v) is 17.6. The number of rotatable bonds is 7. The number of nitrogens with zero attached hydrogens (tertiary/aromatic N) is 4. The van der Waals surface area contributed by atoms with Crippen molar-refractivity contribution in [3.8, 4) is 11.4 Å². The van der Waals surface area contributed by atoms with Gasteiger partial charge in [-0.15, -0.1) is 10.2 Å². The van der Waals surface area contributed by atoms with Crippen LogP contribution in [-0.2, 0) is 17.9 Å². The summed E-state index contributed by atoms with van der Waals surface area (Å²) in [6.45, 7) is 7.42. The van der Waals surface area contributed by atoms with Crippen LogP contribution in [0.5, 0.6) is 0 Å². The van der Waals surface area contributed by atoms with Crippen molar-refractivity contribution in [3.05, 3.63) is 65.7 Å². The number of aryl methyl sites for hydroxylation is 1. The predicted octanol–water partition coefficient (Wildman–Crippen LogP) is 4.41. The summed E-state index contributed by atoms with van der Waals surface area (Å²) in [6.07, 6.45) is 0. The minimum atomic E-state index is -0.243. The van der Waals surface area contributed by atoms with Crippen molar-refractivity contribution in [3.63, 3.8) is 0 Å². The van der Waals surface area contributed by atoms with Gasteiger partial charge in [0.1, 0.15) is 0 Å². The summed E-state index contributed by atoms with van der Waals surface area (Å²) in [5, 5.41) is 9.32. The van der Waals surface area contributed by atoms with Crippen LogP contribution >= 0.6 is 11.8 Å². The number of benzene rings is 2. The summed E-state index contributed by atoms with van der Waals surface area (Å²) >= 11 is 1.46. The maximum atomic E-state index is 12.8. The van der Waals surface area contributed by atoms with Gasteiger partial charge in [-0.25, -0.2) is 0 Å². The molecule has 1 atom stereocenters. The van der Waals surface area contributed by atoms with Gasteiger partial charge in [-0.2, -0.15) is 0 Å². The summed E-state index contributed by atoms with van der Waals surface area (Å²) in [4.78, 5) is 14.6. The summed E-state index contributed by atoms with van der Waals surface area (Å²) in [6, 6.07) is 18.2. The van der Waals surface area contributed by atoms with Gasteiger partial charge < -0.3 is 9.47 Å². The van der Waals surface area contributed by atoms with Crippen LogP contribution in [0.3, 0.4) is 0 Å². The lowest BCUT2D eigenvalue weighted by molar-refractivity contribution is -0.129. The first-order valence-corrected chi connectivity index (χ1v) is 10.3. The van der Waals surface area contributed by atoms with E-state index in [1.54, 1.807) is 4.90 Å². The summed E-state index contributed by atoms with van der Waals surface area (Å²) in [7, 11) is 1.84. The first-order chi connectivity index (χ1) is 13.5. The van der Waals surface area contributed by atoms with Gasteiger partial charge in [0.25, 0.3) is 0 Å². The number of aromatic nitrogens is 3. The third kappa shape index (κ3) is 4.44. The third-order valence-electron chi connectivity index (χ3n) is 4.69. The molecule has 3 aromatic rings. The molecule has 0 radical (unpaired) electrons. The van der Waals surface area contributed by atoms with Gasteiger partial charge in [0.15, 0.2) is 11.0 Å². The minimum absolute atomic E-state index is 0.0805. The van der Waals surface area contributed by atoms with Crippen LogP contribution in [0.1, 0.15) is 25.0 Å². The molecule has 0 aliphatic rings. The molecule has 146 valence electrons. The Morgan fingerprint density at radius 3 is 2.46 bits per heavy atom. The molecule has 3 rings (SSSR count). The molecule has 1 amide bonds. The van der Waals surface area contributed by atoms with E-state index in [0.717, 1.165) is 34.2 Å². The van der Waals surface area contributed by atoms with Crippen LogP contribution in [0.2, 0.25) is 0 Å². The quantitative estimate of drug-likeness (QED) is 0.557. The van der Waals surface area contributed by atoms with Crippen LogP contribution < -0.4 is 0 Å². The molecule has 0 fully saturated rings. The predicted molar refractivity (Wildman–Crippen MR) is 114 cm³/mol. The Balaban J connectivity index is 1.74. The Morgan fingerprint density at radius 1 is 1.11 bits per heavy atom. The minimum Gasteiger partial charge on any atom is -0.340 e. The molecule has 0 N–H and O–H groups in total. The van der Waals surface area contributed by atoms with Gasteiger partial charge in [0.05, 0.1) is 5.25 Å². The van der Waals surface area contributed by atoms with E-state index in [9.17, 15) is 4.79 Å². The molecule has 5 nitrogen and oxygen atoms in total. The van der Waals surface area contributed by atoms with E-state index >= 15 is 0 Å². The summed E-state index contributed by atoms with van der Waals surface area (Å²) in [5.74, 6) is 0.928. The summed E-state index contributed by atoms with van der Waals surface area (Å²) < 4.78 is 2.08. The van der Waals surface area contributed by atoms with Crippen molar-refractivity contribution in [1.82, 2.24) is 19.7 Å². The van der Waals surface area contributed by atoms with Crippen molar-refractivity contribution in [2.24, 2.45) is 0 Å². The maximum Gasteiger partial charge on any atom is 0.235 e. The van der Waals surface area contributed by atoms with Crippen molar-refractivity contribution < 1.29 is 4.79 Å². The largest absolute Gasteiger partial charge is 0.340 e. The fourth-order valence-electron chi connectivity index (χ4n) is 3.14. The standard InChI is InChI=1S/C22H26N4OS/c1-5-26-20(19-14-10-9-11-16(19)2)23-24-22(26)28-17(3)21(27)25(4)15-18-12-7-6-8-13-18/h6-14,17H,5,15H2,1-4H3/t17-/m1/s1. The molecule has 1 heterocycles. The smallest absolute Gasteiger partial charge is 0.235 e. The lowest BCUT2D eigenvalue weighted by atomic mass is 10.1. The Bertz CT molecular complexity index is 939. The number of carbonyl (C=O) groups is 1. The van der Waals surface area contributed by atoms with Crippen LogP contribution in [0.25, 0.3) is 11.4 Å². The number of hydrogen-bond donors (Lipinski definition) is 0. The average molecular weight is 395 g/mol. The molecule has 0 unspecified atom stereocenters. The van der Waals surface area contributed by atoms with E-state index in [2.05, 4.69) is 40.7 Å². The van der Waals surface area contributed by atoms with Gasteiger partial charge in [-0.3, -0.25) is 4.79 Å². The second-order valence-electron chi connectivity index (χ2n) is 6.81. The SMILES string of the molecule is CCn1c(S[C@H](C)C(=O)N(C)Cc2ccccc2)nnc1-c1ccccc1C. The first kappa shape index (κ1) is 20.1. The second-order valence-corrected chi connectivity index (χ2v) is 8.11. The van der Waals surface area contributed by atoms with Gasteiger partial charge in [0, 0.05) is 25.7 Å². The van der Waals surface area contributed by atoms with Crippen LogP contribution in [0.4, 0.5) is 0 Å². The summed E-state index contributed by atoms with van der Waals surface area (Å²) in [5.41, 5.74) is 3.35. The highest BCUT2D eigenvalue weighted by atomic mass is 32.2. The molecule has 2 aromatic carbocycles. The van der Waals surface area contributed by atoms with Crippen molar-refractivity contribution in [2.75, 3.05) is 7.05 Å². The van der Waals surface area contributed by atoms with E-state index < -0.39 is 0 Å². The Labute approximate surface area is 170 Å². The van der Waals surface area contributed by atoms with Crippen molar-refractivity contribution in [1.29, 1.82) is 0 Å². The van der Waals surface area contributed by atoms with Gasteiger partial charge in [0.2, 0.25) is 5.91 Å². The average Bonchev–Trinajstić information content (AvgIpc) is 3.10. The molecule has 0 bridgehead atoms. The molecule has 0 saturated heterocycles. The number of thioether (sulfide) groups is 1. The molecule has 0 aliphatic carbocycles. The monoisotopic (exact) mass is 394 g/mol. The lowest BCUT2D eigenvalue weighted by Gasteiger charge is -2.21. The second kappa shape index (κ2) is 9.06. The van der Waals surface area contributed by atoms with Gasteiger partial charge in [-0.1, -0.05) is 66.4 Å². The van der Waals surface area contributed by atoms with Crippen LogP contribution in [0, 0.1) is 6.92 Å². The third-order valence-corrected chi connectivity index (χ3v) is 5.76. The lowest BCUT2D eigenvalue weighted by Crippen LogP contribution is -2.33. The van der Waals surface area contributed by atoms with E-state index in [1.807, 2.05) is 56.4 Å². The molecular formula is C22H26N4OS. The maximum absolute atomic E-state index is 12.8. The first-order valence-electron chi connectivity index (χ1n) is 9.46. The molecule has 0 spiro atoms. The topological polar surface area (TPSA) is 51.0 Å². The highest BCUT2D eigenvalue weighted by molar-refractivity contribution is 8.00. The van der Waals surface area contributed by atoms with Crippen LogP contribution in [-0.4, -0.2) is 37.9 Å². The molecule has 28 heavy (non-hydrogen) atoms. The molecule has 1 aromatic heterocycles. The molecule has 0 saturated carbocycles. The number of carbonyl (C=O) groups excluding carboxylic acids is 1. The van der Waals surface area contributed by atoms with Gasteiger partial charge >= 0.3 is 0 Å². The fourth-order valence-corrected chi connectivity index (χ4v) is 4.17. The highest BCUT2D eigenvalue weighted by Gasteiger charge is 2.23. The molecule has 0 aliphatic heterocycles. The number of amides is 1. The fraction of sp³-hybridized carbons (Fsp3) is 0.318. The van der Waals surface area contributed by atoms with E-state index in [0.29, 0.717) is 6.54 Å². The Morgan fingerprint density at radius 2 is 1.79 bits per heavy atom. The highest BCUT2D eigenvalue weighted by Crippen LogP contribution is 2.29. The van der Waals surface area contributed by atoms with E-state index in [-0.39, 0.29) is 11.2 Å². The zero-order valence-electron chi connectivity index (χ0n) is 16.8. The van der Waals surface area contributed by atoms with Crippen LogP contribution in [0.15, 0.2) is 59.8 Å². The van der Waals surface area contributed by atoms with E-state index in [4.69, 9.17) is 0 Å².